The van der Waals surface area contributed by atoms with Crippen molar-refractivity contribution in [3.63, 3.8) is 0 Å². The molecule has 18 heavy (non-hydrogen) atoms. The van der Waals surface area contributed by atoms with Crippen molar-refractivity contribution in [2.24, 2.45) is 0 Å². The van der Waals surface area contributed by atoms with E-state index in [0.29, 0.717) is 5.82 Å². The molecule has 0 saturated carbocycles. The van der Waals surface area contributed by atoms with Gasteiger partial charge in [0.1, 0.15) is 6.17 Å². The molecule has 1 aliphatic heterocycles. The van der Waals surface area contributed by atoms with Gasteiger partial charge in [0.15, 0.2) is 5.82 Å². The van der Waals surface area contributed by atoms with E-state index in [0.717, 1.165) is 16.9 Å². The third kappa shape index (κ3) is 1.47. The van der Waals surface area contributed by atoms with Crippen LogP contribution in [0.1, 0.15) is 16.6 Å². The Morgan fingerprint density at radius 1 is 1.17 bits per heavy atom. The Morgan fingerprint density at radius 3 is 2.72 bits per heavy atom. The van der Waals surface area contributed by atoms with Crippen molar-refractivity contribution in [1.82, 2.24) is 4.98 Å². The highest BCUT2D eigenvalue weighted by molar-refractivity contribution is 5.81. The SMILES string of the molecule is [2H]C([2H])([2H])N1c2ncccc2N(c2ccccc2C)[C@@H]1C. The van der Waals surface area contributed by atoms with Crippen molar-refractivity contribution in [1.29, 1.82) is 0 Å². The molecule has 0 aliphatic carbocycles. The summed E-state index contributed by atoms with van der Waals surface area (Å²) in [7, 11) is 0. The predicted molar refractivity (Wildman–Crippen MR) is 75.4 cm³/mol. The molecule has 3 heteroatoms. The Labute approximate surface area is 112 Å². The van der Waals surface area contributed by atoms with Crippen molar-refractivity contribution in [2.75, 3.05) is 16.8 Å². The molecule has 2 heterocycles. The fourth-order valence-electron chi connectivity index (χ4n) is 2.42. The maximum atomic E-state index is 7.79. The van der Waals surface area contributed by atoms with Crippen LogP contribution >= 0.6 is 0 Å². The number of aryl methyl sites for hydroxylation is 1. The lowest BCUT2D eigenvalue weighted by atomic mass is 10.1. The highest BCUT2D eigenvalue weighted by Gasteiger charge is 2.32. The number of fused-ring (bicyclic) bond motifs is 1. The average Bonchev–Trinajstić information content (AvgIpc) is 2.71. The van der Waals surface area contributed by atoms with Gasteiger partial charge in [-0.05, 0) is 37.6 Å². The van der Waals surface area contributed by atoms with E-state index < -0.39 is 6.98 Å². The van der Waals surface area contributed by atoms with E-state index in [4.69, 9.17) is 4.11 Å². The molecule has 3 rings (SSSR count). The average molecular weight is 242 g/mol. The summed E-state index contributed by atoms with van der Waals surface area (Å²) < 4.78 is 23.4. The zero-order chi connectivity index (χ0) is 15.2. The molecular formula is C15H17N3. The van der Waals surface area contributed by atoms with Crippen LogP contribution in [-0.2, 0) is 0 Å². The first-order chi connectivity index (χ1) is 9.91. The molecule has 0 saturated heterocycles. The summed E-state index contributed by atoms with van der Waals surface area (Å²) in [5, 5.41) is 0. The van der Waals surface area contributed by atoms with Crippen LogP contribution in [0.4, 0.5) is 17.2 Å². The molecule has 0 bridgehead atoms. The molecule has 1 aromatic carbocycles. The Morgan fingerprint density at radius 2 is 1.94 bits per heavy atom. The third-order valence-electron chi connectivity index (χ3n) is 3.38. The second-order valence-electron chi connectivity index (χ2n) is 4.50. The van der Waals surface area contributed by atoms with Gasteiger partial charge in [-0.25, -0.2) is 4.98 Å². The molecular weight excluding hydrogens is 222 g/mol. The van der Waals surface area contributed by atoms with Crippen LogP contribution in [0.3, 0.4) is 0 Å². The van der Waals surface area contributed by atoms with Gasteiger partial charge in [0.05, 0.1) is 5.69 Å². The monoisotopic (exact) mass is 242 g/mol. The largest absolute Gasteiger partial charge is 0.337 e. The number of pyridine rings is 1. The standard InChI is InChI=1S/C15H17N3/c1-11-7-4-5-8-13(11)18-12(2)17(3)15-14(18)9-6-10-16-15/h4-10,12H,1-3H3/t12-/m1/s1/i3D3. The van der Waals surface area contributed by atoms with Crippen LogP contribution in [0.25, 0.3) is 0 Å². The van der Waals surface area contributed by atoms with Crippen molar-refractivity contribution in [2.45, 2.75) is 20.0 Å². The summed E-state index contributed by atoms with van der Waals surface area (Å²) >= 11 is 0. The zero-order valence-corrected chi connectivity index (χ0v) is 10.5. The number of anilines is 3. The van der Waals surface area contributed by atoms with Gasteiger partial charge in [-0.3, -0.25) is 0 Å². The van der Waals surface area contributed by atoms with Crippen molar-refractivity contribution < 1.29 is 4.11 Å². The first-order valence-corrected chi connectivity index (χ1v) is 6.00. The number of benzene rings is 1. The third-order valence-corrected chi connectivity index (χ3v) is 3.38. The topological polar surface area (TPSA) is 19.4 Å². The van der Waals surface area contributed by atoms with E-state index >= 15 is 0 Å². The molecule has 0 N–H and O–H groups in total. The number of nitrogens with zero attached hydrogens (tertiary/aromatic N) is 3. The number of rotatable bonds is 1. The van der Waals surface area contributed by atoms with Crippen LogP contribution in [-0.4, -0.2) is 18.1 Å². The molecule has 1 aromatic heterocycles. The lowest BCUT2D eigenvalue weighted by Crippen LogP contribution is -2.36. The van der Waals surface area contributed by atoms with Gasteiger partial charge in [0, 0.05) is 23.0 Å². The summed E-state index contributed by atoms with van der Waals surface area (Å²) in [5.41, 5.74) is 2.94. The van der Waals surface area contributed by atoms with Crippen LogP contribution in [0.5, 0.6) is 0 Å². The van der Waals surface area contributed by atoms with Crippen LogP contribution in [0.15, 0.2) is 42.6 Å². The van der Waals surface area contributed by atoms with Crippen molar-refractivity contribution in [3.05, 3.63) is 48.2 Å². The number of para-hydroxylation sites is 1. The lowest BCUT2D eigenvalue weighted by molar-refractivity contribution is 0.728. The van der Waals surface area contributed by atoms with Gasteiger partial charge in [0.2, 0.25) is 0 Å². The van der Waals surface area contributed by atoms with Gasteiger partial charge < -0.3 is 9.80 Å². The minimum Gasteiger partial charge on any atom is -0.337 e. The van der Waals surface area contributed by atoms with Crippen LogP contribution in [0.2, 0.25) is 0 Å². The van der Waals surface area contributed by atoms with Gasteiger partial charge in [0.25, 0.3) is 0 Å². The van der Waals surface area contributed by atoms with Gasteiger partial charge in [-0.1, -0.05) is 18.2 Å². The molecule has 1 atom stereocenters. The van der Waals surface area contributed by atoms with Crippen LogP contribution in [0, 0.1) is 6.92 Å². The molecule has 0 spiro atoms. The van der Waals surface area contributed by atoms with E-state index in [1.54, 1.807) is 6.20 Å². The lowest BCUT2D eigenvalue weighted by Gasteiger charge is -2.28. The number of hydrogen-bond donors (Lipinski definition) is 0. The number of hydrogen-bond acceptors (Lipinski definition) is 3. The molecule has 0 radical (unpaired) electrons. The highest BCUT2D eigenvalue weighted by atomic mass is 15.4. The van der Waals surface area contributed by atoms with E-state index in [1.165, 1.54) is 4.90 Å². The maximum Gasteiger partial charge on any atom is 0.153 e. The zero-order valence-electron chi connectivity index (χ0n) is 13.5. The van der Waals surface area contributed by atoms with E-state index in [2.05, 4.69) is 4.98 Å². The Hall–Kier alpha value is -2.03. The Bertz CT molecular complexity index is 669. The normalized spacial score (nSPS) is 21.2. The Kier molecular flexibility index (Phi) is 1.82. The second-order valence-corrected chi connectivity index (χ2v) is 4.50. The second kappa shape index (κ2) is 4.02. The minimum atomic E-state index is -2.22. The van der Waals surface area contributed by atoms with Crippen LogP contribution < -0.4 is 9.80 Å². The smallest absolute Gasteiger partial charge is 0.153 e. The minimum absolute atomic E-state index is 0.316. The van der Waals surface area contributed by atoms with Crippen molar-refractivity contribution >= 4 is 17.2 Å². The molecule has 0 amide bonds. The predicted octanol–water partition coefficient (Wildman–Crippen LogP) is 3.32. The Balaban J connectivity index is 2.18. The van der Waals surface area contributed by atoms with Gasteiger partial charge >= 0.3 is 0 Å². The summed E-state index contributed by atoms with van der Waals surface area (Å²) in [6, 6.07) is 11.7. The summed E-state index contributed by atoms with van der Waals surface area (Å²) in [6.45, 7) is 1.69. The molecule has 2 aromatic rings. The number of aromatic nitrogens is 1. The van der Waals surface area contributed by atoms with E-state index in [-0.39, 0.29) is 6.17 Å². The summed E-state index contributed by atoms with van der Waals surface area (Å²) in [5.74, 6) is 0.508. The van der Waals surface area contributed by atoms with E-state index in [9.17, 15) is 0 Å². The maximum absolute atomic E-state index is 7.79. The van der Waals surface area contributed by atoms with Gasteiger partial charge in [-0.15, -0.1) is 0 Å². The molecule has 0 unspecified atom stereocenters. The van der Waals surface area contributed by atoms with Crippen molar-refractivity contribution in [3.8, 4) is 0 Å². The highest BCUT2D eigenvalue weighted by Crippen LogP contribution is 2.42. The summed E-state index contributed by atoms with van der Waals surface area (Å²) in [6.07, 6.45) is 1.31. The molecule has 1 aliphatic rings. The van der Waals surface area contributed by atoms with E-state index in [1.807, 2.05) is 55.1 Å². The van der Waals surface area contributed by atoms with Gasteiger partial charge in [-0.2, -0.15) is 0 Å². The fraction of sp³-hybridized carbons (Fsp3) is 0.267. The molecule has 92 valence electrons. The molecule has 0 fully saturated rings. The molecule has 3 nitrogen and oxygen atoms in total. The first kappa shape index (κ1) is 8.14. The quantitative estimate of drug-likeness (QED) is 0.764. The summed E-state index contributed by atoms with van der Waals surface area (Å²) in [4.78, 5) is 7.72. The first-order valence-electron chi connectivity index (χ1n) is 7.50. The fourth-order valence-corrected chi connectivity index (χ4v) is 2.42.